The van der Waals surface area contributed by atoms with E-state index in [1.165, 1.54) is 18.5 Å². The molecular weight excluding hydrogens is 524 g/mol. The third-order valence-electron chi connectivity index (χ3n) is 5.33. The highest BCUT2D eigenvalue weighted by Gasteiger charge is 2.16. The lowest BCUT2D eigenvalue weighted by atomic mass is 10.2. The summed E-state index contributed by atoms with van der Waals surface area (Å²) in [5.74, 6) is 1.30. The number of rotatable bonds is 5. The molecule has 0 amide bonds. The zero-order chi connectivity index (χ0) is 20.2. The van der Waals surface area contributed by atoms with Crippen LogP contribution in [0.15, 0.2) is 58.9 Å². The third-order valence-corrected chi connectivity index (χ3v) is 5.33. The van der Waals surface area contributed by atoms with Crippen molar-refractivity contribution in [3.63, 3.8) is 0 Å². The van der Waals surface area contributed by atoms with E-state index >= 15 is 0 Å². The number of imidazole rings is 1. The van der Waals surface area contributed by atoms with Crippen LogP contribution in [-0.4, -0.2) is 34.7 Å². The van der Waals surface area contributed by atoms with E-state index in [0.29, 0.717) is 12.6 Å². The molecule has 0 spiro atoms. The SMILES string of the molecule is Br.Cc1cccc2n(C)c(COc3ccc(/C=N/N=C(\N)N4CCCC4)cc3)c[n+]12.[Br-]. The molecule has 0 saturated carbocycles. The summed E-state index contributed by atoms with van der Waals surface area (Å²) in [4.78, 5) is 2.06. The van der Waals surface area contributed by atoms with Crippen LogP contribution in [0.2, 0.25) is 0 Å². The first kappa shape index (κ1) is 24.9. The number of nitrogens with zero attached hydrogens (tertiary/aromatic N) is 5. The van der Waals surface area contributed by atoms with Crippen LogP contribution >= 0.6 is 17.0 Å². The molecule has 9 heteroatoms. The number of hydrogen-bond acceptors (Lipinski definition) is 3. The monoisotopic (exact) mass is 550 g/mol. The molecule has 1 aliphatic rings. The van der Waals surface area contributed by atoms with Gasteiger partial charge in [-0.2, -0.15) is 9.50 Å². The molecular formula is C22H28Br2N6O. The summed E-state index contributed by atoms with van der Waals surface area (Å²) in [6.07, 6.45) is 6.15. The summed E-state index contributed by atoms with van der Waals surface area (Å²) < 4.78 is 10.3. The summed E-state index contributed by atoms with van der Waals surface area (Å²) in [5, 5.41) is 8.19. The second kappa shape index (κ2) is 11.3. The Morgan fingerprint density at radius 3 is 2.55 bits per heavy atom. The van der Waals surface area contributed by atoms with E-state index in [1.54, 1.807) is 6.21 Å². The number of aromatic nitrogens is 2. The first-order valence-corrected chi connectivity index (χ1v) is 9.92. The topological polar surface area (TPSA) is 72.2 Å². The molecule has 0 radical (unpaired) electrons. The molecule has 3 aromatic rings. The number of guanidine groups is 1. The fraction of sp³-hybridized carbons (Fsp3) is 0.318. The molecule has 1 aromatic carbocycles. The number of hydrogen-bond donors (Lipinski definition) is 1. The summed E-state index contributed by atoms with van der Waals surface area (Å²) >= 11 is 0. The molecule has 2 aromatic heterocycles. The van der Waals surface area contributed by atoms with Crippen molar-refractivity contribution in [3.8, 4) is 5.75 Å². The normalized spacial score (nSPS) is 14.0. The van der Waals surface area contributed by atoms with Gasteiger partial charge >= 0.3 is 0 Å². The van der Waals surface area contributed by atoms with Gasteiger partial charge in [-0.15, -0.1) is 22.1 Å². The van der Waals surface area contributed by atoms with Gasteiger partial charge in [-0.3, -0.25) is 0 Å². The maximum Gasteiger partial charge on any atom is 0.286 e. The number of fused-ring (bicyclic) bond motifs is 1. The molecule has 0 unspecified atom stereocenters. The zero-order valence-electron chi connectivity index (χ0n) is 17.7. The van der Waals surface area contributed by atoms with E-state index in [1.807, 2.05) is 24.3 Å². The average molecular weight is 552 g/mol. The van der Waals surface area contributed by atoms with E-state index in [-0.39, 0.29) is 34.0 Å². The lowest BCUT2D eigenvalue weighted by molar-refractivity contribution is -0.518. The summed E-state index contributed by atoms with van der Waals surface area (Å²) in [7, 11) is 2.06. The van der Waals surface area contributed by atoms with E-state index in [4.69, 9.17) is 10.5 Å². The van der Waals surface area contributed by atoms with Gasteiger partial charge in [0, 0.05) is 19.2 Å². The highest BCUT2D eigenvalue weighted by molar-refractivity contribution is 8.93. The predicted molar refractivity (Wildman–Crippen MR) is 124 cm³/mol. The molecule has 0 atom stereocenters. The molecule has 7 nitrogen and oxygen atoms in total. The third kappa shape index (κ3) is 5.86. The summed E-state index contributed by atoms with van der Waals surface area (Å²) in [6.45, 7) is 4.53. The fourth-order valence-electron chi connectivity index (χ4n) is 3.54. The van der Waals surface area contributed by atoms with Crippen molar-refractivity contribution in [2.24, 2.45) is 23.0 Å². The van der Waals surface area contributed by atoms with Gasteiger partial charge in [-0.05, 0) is 55.7 Å². The summed E-state index contributed by atoms with van der Waals surface area (Å²) in [6, 6.07) is 14.1. The lowest BCUT2D eigenvalue weighted by Crippen LogP contribution is -3.00. The standard InChI is InChI=1S/C22H27N6O.2BrH/c1-17-6-5-7-21-26(2)19(15-28(17)21)16-29-20-10-8-18(9-11-20)14-24-25-22(23)27-12-3-4-13-27;;/h5-11,14-15H,3-4,12-13,16H2,1-2H3,(H2,23,25);2*1H/q+1;;/p-1/b24-14+;;. The molecule has 3 heterocycles. The van der Waals surface area contributed by atoms with Crippen LogP contribution < -0.4 is 31.9 Å². The van der Waals surface area contributed by atoms with Crippen molar-refractivity contribution in [2.75, 3.05) is 13.1 Å². The highest BCUT2D eigenvalue weighted by atomic mass is 79.9. The molecule has 1 saturated heterocycles. The minimum absolute atomic E-state index is 0. The highest BCUT2D eigenvalue weighted by Crippen LogP contribution is 2.14. The van der Waals surface area contributed by atoms with Gasteiger partial charge in [0.25, 0.3) is 5.65 Å². The molecule has 0 aliphatic carbocycles. The Balaban J connectivity index is 0.00000171. The molecule has 1 aliphatic heterocycles. The fourth-order valence-corrected chi connectivity index (χ4v) is 3.54. The zero-order valence-corrected chi connectivity index (χ0v) is 21.0. The van der Waals surface area contributed by atoms with Crippen molar-refractivity contribution in [2.45, 2.75) is 26.4 Å². The minimum atomic E-state index is 0. The van der Waals surface area contributed by atoms with Crippen LogP contribution in [-0.2, 0) is 13.7 Å². The van der Waals surface area contributed by atoms with E-state index in [2.05, 4.69) is 62.4 Å². The number of halogens is 2. The van der Waals surface area contributed by atoms with Crippen molar-refractivity contribution >= 4 is 34.8 Å². The number of pyridine rings is 1. The average Bonchev–Trinajstić information content (AvgIpc) is 3.37. The quantitative estimate of drug-likeness (QED) is 0.210. The van der Waals surface area contributed by atoms with Gasteiger partial charge in [0.05, 0.1) is 13.3 Å². The molecule has 4 rings (SSSR count). The predicted octanol–water partition coefficient (Wildman–Crippen LogP) is -0.0225. The van der Waals surface area contributed by atoms with Gasteiger partial charge in [0.1, 0.15) is 17.6 Å². The maximum atomic E-state index is 5.97. The molecule has 2 N–H and O–H groups in total. The van der Waals surface area contributed by atoms with Crippen LogP contribution in [0, 0.1) is 6.92 Å². The molecule has 0 bridgehead atoms. The van der Waals surface area contributed by atoms with Crippen LogP contribution in [0.3, 0.4) is 0 Å². The second-order valence-corrected chi connectivity index (χ2v) is 7.33. The van der Waals surface area contributed by atoms with Gasteiger partial charge in [0.2, 0.25) is 5.96 Å². The Bertz CT molecular complexity index is 1060. The molecule has 31 heavy (non-hydrogen) atoms. The first-order chi connectivity index (χ1) is 14.1. The minimum Gasteiger partial charge on any atom is -1.00 e. The smallest absolute Gasteiger partial charge is 0.286 e. The largest absolute Gasteiger partial charge is 1.00 e. The van der Waals surface area contributed by atoms with Gasteiger partial charge < -0.3 is 32.4 Å². The number of likely N-dealkylation sites (tertiary alicyclic amines) is 1. The van der Waals surface area contributed by atoms with E-state index < -0.39 is 0 Å². The number of ether oxygens (including phenoxy) is 1. The van der Waals surface area contributed by atoms with Crippen molar-refractivity contribution < 1.29 is 26.1 Å². The Hall–Kier alpha value is -2.39. The first-order valence-electron chi connectivity index (χ1n) is 9.92. The Morgan fingerprint density at radius 2 is 1.87 bits per heavy atom. The maximum absolute atomic E-state index is 5.97. The Morgan fingerprint density at radius 1 is 1.16 bits per heavy atom. The van der Waals surface area contributed by atoms with Crippen molar-refractivity contribution in [3.05, 3.63) is 65.6 Å². The number of benzene rings is 1. The van der Waals surface area contributed by atoms with E-state index in [0.717, 1.165) is 35.7 Å². The van der Waals surface area contributed by atoms with Gasteiger partial charge in [0.15, 0.2) is 12.3 Å². The number of nitrogens with two attached hydrogens (primary N) is 1. The van der Waals surface area contributed by atoms with Crippen LogP contribution in [0.5, 0.6) is 5.75 Å². The van der Waals surface area contributed by atoms with E-state index in [9.17, 15) is 0 Å². The van der Waals surface area contributed by atoms with Crippen molar-refractivity contribution in [1.82, 2.24) is 9.47 Å². The van der Waals surface area contributed by atoms with Crippen LogP contribution in [0.1, 0.15) is 29.8 Å². The van der Waals surface area contributed by atoms with Crippen LogP contribution in [0.4, 0.5) is 0 Å². The van der Waals surface area contributed by atoms with Crippen molar-refractivity contribution in [1.29, 1.82) is 0 Å². The number of aryl methyl sites for hydroxylation is 2. The summed E-state index contributed by atoms with van der Waals surface area (Å²) in [5.41, 5.74) is 10.3. The molecule has 1 fully saturated rings. The van der Waals surface area contributed by atoms with Gasteiger partial charge in [-0.25, -0.2) is 4.57 Å². The second-order valence-electron chi connectivity index (χ2n) is 7.33. The Labute approximate surface area is 203 Å². The lowest BCUT2D eigenvalue weighted by Gasteiger charge is -2.13. The molecule has 166 valence electrons. The van der Waals surface area contributed by atoms with Gasteiger partial charge in [-0.1, -0.05) is 6.07 Å². The Kier molecular flexibility index (Phi) is 9.06. The van der Waals surface area contributed by atoms with Crippen LogP contribution in [0.25, 0.3) is 5.65 Å².